The zero-order valence-electron chi connectivity index (χ0n) is 52.2. The van der Waals surface area contributed by atoms with Crippen molar-refractivity contribution >= 4 is 17.9 Å². The second-order valence-corrected chi connectivity index (χ2v) is 23.1. The molecule has 78 heavy (non-hydrogen) atoms. The van der Waals surface area contributed by atoms with Crippen LogP contribution in [0.3, 0.4) is 0 Å². The van der Waals surface area contributed by atoms with Gasteiger partial charge in [0.1, 0.15) is 13.2 Å². The van der Waals surface area contributed by atoms with Gasteiger partial charge < -0.3 is 14.2 Å². The van der Waals surface area contributed by atoms with E-state index in [2.05, 4.69) is 81.5 Å². The number of esters is 3. The second kappa shape index (κ2) is 66.6. The third kappa shape index (κ3) is 63.9. The summed E-state index contributed by atoms with van der Waals surface area (Å²) in [6.07, 6.45) is 85.3. The van der Waals surface area contributed by atoms with Gasteiger partial charge in [0.15, 0.2) is 6.10 Å². The van der Waals surface area contributed by atoms with Crippen LogP contribution in [0.15, 0.2) is 60.8 Å². The van der Waals surface area contributed by atoms with Crippen LogP contribution in [0.25, 0.3) is 0 Å². The molecule has 0 N–H and O–H groups in total. The van der Waals surface area contributed by atoms with Gasteiger partial charge in [-0.25, -0.2) is 0 Å². The fourth-order valence-corrected chi connectivity index (χ4v) is 10.1. The van der Waals surface area contributed by atoms with E-state index in [0.29, 0.717) is 19.3 Å². The Morgan fingerprint density at radius 3 is 0.744 bits per heavy atom. The minimum absolute atomic E-state index is 0.0752. The molecule has 1 atom stereocenters. The van der Waals surface area contributed by atoms with Gasteiger partial charge in [-0.05, 0) is 89.9 Å². The van der Waals surface area contributed by atoms with Crippen molar-refractivity contribution in [3.05, 3.63) is 60.8 Å². The highest BCUT2D eigenvalue weighted by atomic mass is 16.6. The summed E-state index contributed by atoms with van der Waals surface area (Å²) in [5.74, 6) is -0.867. The first-order chi connectivity index (χ1) is 38.5. The van der Waals surface area contributed by atoms with Gasteiger partial charge in [0.25, 0.3) is 0 Å². The van der Waals surface area contributed by atoms with E-state index in [1.54, 1.807) is 0 Å². The van der Waals surface area contributed by atoms with E-state index in [4.69, 9.17) is 14.2 Å². The van der Waals surface area contributed by atoms with Gasteiger partial charge in [0.05, 0.1) is 0 Å². The van der Waals surface area contributed by atoms with Crippen LogP contribution in [0, 0.1) is 0 Å². The largest absolute Gasteiger partial charge is 0.462 e. The smallest absolute Gasteiger partial charge is 0.306 e. The molecular formula is C72H130O6. The molecule has 0 aliphatic carbocycles. The first-order valence-corrected chi connectivity index (χ1v) is 34.3. The highest BCUT2D eigenvalue weighted by Gasteiger charge is 2.19. The average Bonchev–Trinajstić information content (AvgIpc) is 3.44. The van der Waals surface area contributed by atoms with Crippen molar-refractivity contribution in [2.45, 2.75) is 367 Å². The number of rotatable bonds is 63. The normalized spacial score (nSPS) is 12.4. The van der Waals surface area contributed by atoms with Crippen LogP contribution in [0.1, 0.15) is 361 Å². The van der Waals surface area contributed by atoms with Gasteiger partial charge in [-0.3, -0.25) is 14.4 Å². The molecule has 6 heteroatoms. The highest BCUT2D eigenvalue weighted by molar-refractivity contribution is 5.71. The molecule has 0 aliphatic heterocycles. The number of allylic oxidation sites excluding steroid dienone is 10. The van der Waals surface area contributed by atoms with Crippen LogP contribution >= 0.6 is 0 Å². The molecule has 0 fully saturated rings. The fraction of sp³-hybridized carbons (Fsp3) is 0.819. The Labute approximate surface area is 485 Å². The Morgan fingerprint density at radius 2 is 0.462 bits per heavy atom. The lowest BCUT2D eigenvalue weighted by Crippen LogP contribution is -2.30. The van der Waals surface area contributed by atoms with Gasteiger partial charge in [0, 0.05) is 19.3 Å². The third-order valence-corrected chi connectivity index (χ3v) is 15.2. The van der Waals surface area contributed by atoms with Crippen molar-refractivity contribution in [1.82, 2.24) is 0 Å². The molecular weight excluding hydrogens is 961 g/mol. The lowest BCUT2D eigenvalue weighted by molar-refractivity contribution is -0.167. The van der Waals surface area contributed by atoms with Gasteiger partial charge in [-0.2, -0.15) is 0 Å². The fourth-order valence-electron chi connectivity index (χ4n) is 10.1. The minimum atomic E-state index is -0.779. The van der Waals surface area contributed by atoms with E-state index in [1.165, 1.54) is 238 Å². The molecule has 6 nitrogen and oxygen atoms in total. The summed E-state index contributed by atoms with van der Waals surface area (Å²) in [5.41, 5.74) is 0. The van der Waals surface area contributed by atoms with E-state index in [-0.39, 0.29) is 31.1 Å². The topological polar surface area (TPSA) is 78.9 Å². The van der Waals surface area contributed by atoms with Crippen molar-refractivity contribution in [3.63, 3.8) is 0 Å². The van der Waals surface area contributed by atoms with Gasteiger partial charge in [0.2, 0.25) is 0 Å². The summed E-state index contributed by atoms with van der Waals surface area (Å²) in [5, 5.41) is 0. The van der Waals surface area contributed by atoms with Gasteiger partial charge >= 0.3 is 17.9 Å². The van der Waals surface area contributed by atoms with E-state index in [9.17, 15) is 14.4 Å². The molecule has 0 bridgehead atoms. The monoisotopic (exact) mass is 1090 g/mol. The van der Waals surface area contributed by atoms with Crippen molar-refractivity contribution in [2.24, 2.45) is 0 Å². The maximum absolute atomic E-state index is 12.9. The van der Waals surface area contributed by atoms with E-state index >= 15 is 0 Å². The van der Waals surface area contributed by atoms with Crippen LogP contribution in [0.5, 0.6) is 0 Å². The summed E-state index contributed by atoms with van der Waals surface area (Å²) >= 11 is 0. The minimum Gasteiger partial charge on any atom is -0.462 e. The van der Waals surface area contributed by atoms with E-state index in [1.807, 2.05) is 0 Å². The Kier molecular flexibility index (Phi) is 64.2. The molecule has 0 aromatic heterocycles. The van der Waals surface area contributed by atoms with Crippen molar-refractivity contribution < 1.29 is 28.6 Å². The third-order valence-electron chi connectivity index (χ3n) is 15.2. The predicted molar refractivity (Wildman–Crippen MR) is 339 cm³/mol. The summed E-state index contributed by atoms with van der Waals surface area (Å²) < 4.78 is 16.9. The summed E-state index contributed by atoms with van der Waals surface area (Å²) in [6.45, 7) is 6.64. The highest BCUT2D eigenvalue weighted by Crippen LogP contribution is 2.17. The Balaban J connectivity index is 4.21. The first kappa shape index (κ1) is 75.1. The number of carbonyl (C=O) groups excluding carboxylic acids is 3. The Hall–Kier alpha value is -2.89. The molecule has 1 unspecified atom stereocenters. The summed E-state index contributed by atoms with van der Waals surface area (Å²) in [7, 11) is 0. The zero-order chi connectivity index (χ0) is 56.4. The van der Waals surface area contributed by atoms with Gasteiger partial charge in [-0.15, -0.1) is 0 Å². The van der Waals surface area contributed by atoms with Crippen LogP contribution in [-0.4, -0.2) is 37.2 Å². The molecule has 0 aliphatic rings. The van der Waals surface area contributed by atoms with E-state index < -0.39 is 6.10 Å². The second-order valence-electron chi connectivity index (χ2n) is 23.1. The average molecular weight is 1090 g/mol. The van der Waals surface area contributed by atoms with Crippen LogP contribution in [0.2, 0.25) is 0 Å². The molecule has 0 spiro atoms. The van der Waals surface area contributed by atoms with Crippen molar-refractivity contribution in [2.75, 3.05) is 13.2 Å². The molecule has 0 saturated heterocycles. The van der Waals surface area contributed by atoms with Crippen LogP contribution in [0.4, 0.5) is 0 Å². The number of ether oxygens (including phenoxy) is 3. The Morgan fingerprint density at radius 1 is 0.256 bits per heavy atom. The molecule has 0 rings (SSSR count). The maximum atomic E-state index is 12.9. The van der Waals surface area contributed by atoms with E-state index in [0.717, 1.165) is 83.5 Å². The van der Waals surface area contributed by atoms with Crippen molar-refractivity contribution in [1.29, 1.82) is 0 Å². The predicted octanol–water partition coefficient (Wildman–Crippen LogP) is 23.5. The number of hydrogen-bond donors (Lipinski definition) is 0. The first-order valence-electron chi connectivity index (χ1n) is 34.3. The quantitative estimate of drug-likeness (QED) is 0.0261. The van der Waals surface area contributed by atoms with Crippen LogP contribution < -0.4 is 0 Å². The number of carbonyl (C=O) groups is 3. The molecule has 454 valence electrons. The molecule has 0 heterocycles. The molecule has 0 aromatic carbocycles. The molecule has 0 amide bonds. The van der Waals surface area contributed by atoms with Crippen molar-refractivity contribution in [3.8, 4) is 0 Å². The zero-order valence-corrected chi connectivity index (χ0v) is 52.2. The SMILES string of the molecule is CCCCC/C=C\C/C=C\C/C=C\CCCCCCCCC(=O)OC(COC(=O)CCCCCCCCCCCCCC)COC(=O)CCCCCCCCCCCCCCCCCCC/C=C\C/C=C\CCCCCCC. The summed E-state index contributed by atoms with van der Waals surface area (Å²) in [4.78, 5) is 38.3. The maximum Gasteiger partial charge on any atom is 0.306 e. The lowest BCUT2D eigenvalue weighted by Gasteiger charge is -2.18. The standard InChI is InChI=1S/C72H130O6/c1-4-7-10-13-16-19-22-25-27-29-31-32-33-34-35-36-37-38-39-40-42-43-45-47-50-53-56-59-62-65-71(74)77-68-69(67-76-70(73)64-61-58-55-52-49-24-21-18-15-12-9-6-3)78-72(75)66-63-60-57-54-51-48-46-44-41-30-28-26-23-20-17-14-11-8-5-2/h17,20,22,25-26,28-29,31,41,44,69H,4-16,18-19,21,23-24,27,30,32-40,42-43,45-68H2,1-3H3/b20-17-,25-22-,28-26-,31-29-,44-41-. The number of hydrogen-bond acceptors (Lipinski definition) is 6. The Bertz CT molecular complexity index is 1390. The lowest BCUT2D eigenvalue weighted by atomic mass is 10.0. The summed E-state index contributed by atoms with van der Waals surface area (Å²) in [6, 6.07) is 0. The molecule has 0 radical (unpaired) electrons. The number of unbranched alkanes of at least 4 members (excludes halogenated alkanes) is 42. The molecule has 0 aromatic rings. The van der Waals surface area contributed by atoms with Crippen LogP contribution in [-0.2, 0) is 28.6 Å². The molecule has 0 saturated carbocycles. The van der Waals surface area contributed by atoms with Gasteiger partial charge in [-0.1, -0.05) is 313 Å².